The molecule has 92 valence electrons. The van der Waals surface area contributed by atoms with Crippen LogP contribution in [0, 0.1) is 0 Å². The van der Waals surface area contributed by atoms with Gasteiger partial charge in [-0.25, -0.2) is 0 Å². The number of aryl methyl sites for hydroxylation is 1. The zero-order chi connectivity index (χ0) is 12.0. The topological polar surface area (TPSA) is 48.3 Å². The minimum Gasteiger partial charge on any atom is -0.354 e. The summed E-state index contributed by atoms with van der Waals surface area (Å²) < 4.78 is 12.2. The molecule has 1 heterocycles. The lowest BCUT2D eigenvalue weighted by Gasteiger charge is -2.22. The first-order valence-electron chi connectivity index (χ1n) is 5.45. The van der Waals surface area contributed by atoms with E-state index >= 15 is 0 Å². The molecule has 1 rings (SSSR count). The van der Waals surface area contributed by atoms with Gasteiger partial charge >= 0.3 is 0 Å². The van der Waals surface area contributed by atoms with Crippen LogP contribution in [0.3, 0.4) is 0 Å². The highest BCUT2D eigenvalue weighted by Crippen LogP contribution is 2.00. The van der Waals surface area contributed by atoms with Crippen molar-refractivity contribution in [3.05, 3.63) is 18.0 Å². The van der Waals surface area contributed by atoms with E-state index in [1.54, 1.807) is 14.2 Å². The summed E-state index contributed by atoms with van der Waals surface area (Å²) in [5.74, 6) is 0. The smallest absolute Gasteiger partial charge is 0.171 e. The third-order valence-electron chi connectivity index (χ3n) is 2.64. The fourth-order valence-electron chi connectivity index (χ4n) is 1.68. The second kappa shape index (κ2) is 6.62. The maximum Gasteiger partial charge on any atom is 0.171 e. The van der Waals surface area contributed by atoms with E-state index < -0.39 is 0 Å². The van der Waals surface area contributed by atoms with Crippen molar-refractivity contribution >= 4 is 0 Å². The molecule has 0 amide bonds. The largest absolute Gasteiger partial charge is 0.354 e. The van der Waals surface area contributed by atoms with E-state index in [0.717, 1.165) is 13.0 Å². The predicted octanol–water partition coefficient (Wildman–Crippen LogP) is 0.560. The van der Waals surface area contributed by atoms with Gasteiger partial charge in [0.2, 0.25) is 0 Å². The van der Waals surface area contributed by atoms with Crippen LogP contribution in [0.5, 0.6) is 0 Å². The van der Waals surface area contributed by atoms with Gasteiger partial charge in [-0.15, -0.1) is 0 Å². The molecule has 0 saturated heterocycles. The molecule has 0 aromatic carbocycles. The maximum atomic E-state index is 5.17. The Morgan fingerprint density at radius 2 is 2.12 bits per heavy atom. The average Bonchev–Trinajstić information content (AvgIpc) is 2.66. The van der Waals surface area contributed by atoms with Gasteiger partial charge in [-0.2, -0.15) is 5.10 Å². The summed E-state index contributed by atoms with van der Waals surface area (Å²) in [4.78, 5) is 0. The molecule has 0 radical (unpaired) electrons. The lowest BCUT2D eigenvalue weighted by Crippen LogP contribution is -2.40. The van der Waals surface area contributed by atoms with E-state index in [2.05, 4.69) is 10.4 Å². The van der Waals surface area contributed by atoms with E-state index in [9.17, 15) is 0 Å². The Bertz CT molecular complexity index is 297. The molecular weight excluding hydrogens is 206 g/mol. The Balaban J connectivity index is 2.27. The highest BCUT2D eigenvalue weighted by Gasteiger charge is 2.14. The van der Waals surface area contributed by atoms with Gasteiger partial charge < -0.3 is 14.8 Å². The lowest BCUT2D eigenvalue weighted by molar-refractivity contribution is -0.119. The van der Waals surface area contributed by atoms with E-state index in [0.29, 0.717) is 0 Å². The Labute approximate surface area is 96.7 Å². The SMILES string of the molecule is COC(OC)C(C)NCCc1ccnn1C. The molecular formula is C11H21N3O2. The lowest BCUT2D eigenvalue weighted by atomic mass is 10.2. The number of hydrogen-bond donors (Lipinski definition) is 1. The van der Waals surface area contributed by atoms with Crippen LogP contribution >= 0.6 is 0 Å². The summed E-state index contributed by atoms with van der Waals surface area (Å²) in [7, 11) is 5.24. The van der Waals surface area contributed by atoms with Crippen LogP contribution in [0.25, 0.3) is 0 Å². The molecule has 0 bridgehead atoms. The van der Waals surface area contributed by atoms with Crippen LogP contribution in [0.4, 0.5) is 0 Å². The van der Waals surface area contributed by atoms with Gasteiger partial charge in [-0.05, 0) is 13.0 Å². The van der Waals surface area contributed by atoms with Gasteiger partial charge in [-0.1, -0.05) is 0 Å². The first-order chi connectivity index (χ1) is 7.69. The fourth-order valence-corrected chi connectivity index (χ4v) is 1.68. The third kappa shape index (κ3) is 3.59. The van der Waals surface area contributed by atoms with Crippen molar-refractivity contribution in [1.29, 1.82) is 0 Å². The molecule has 1 atom stereocenters. The van der Waals surface area contributed by atoms with Gasteiger partial charge in [0.1, 0.15) is 0 Å². The number of aromatic nitrogens is 2. The van der Waals surface area contributed by atoms with Crippen molar-refractivity contribution in [2.75, 3.05) is 20.8 Å². The van der Waals surface area contributed by atoms with Gasteiger partial charge in [0.25, 0.3) is 0 Å². The molecule has 0 aliphatic carbocycles. The zero-order valence-electron chi connectivity index (χ0n) is 10.4. The van der Waals surface area contributed by atoms with Crippen LogP contribution in [-0.4, -0.2) is 42.9 Å². The molecule has 0 fully saturated rings. The normalized spacial score (nSPS) is 13.3. The second-order valence-electron chi connectivity index (χ2n) is 3.78. The summed E-state index contributed by atoms with van der Waals surface area (Å²) in [6.45, 7) is 2.92. The molecule has 1 aromatic rings. The number of rotatable bonds is 7. The number of ether oxygens (including phenoxy) is 2. The van der Waals surface area contributed by atoms with Gasteiger partial charge in [0, 0.05) is 46.1 Å². The summed E-state index contributed by atoms with van der Waals surface area (Å²) in [6.07, 6.45) is 2.55. The van der Waals surface area contributed by atoms with E-state index in [4.69, 9.17) is 9.47 Å². The van der Waals surface area contributed by atoms with Crippen molar-refractivity contribution < 1.29 is 9.47 Å². The quantitative estimate of drug-likeness (QED) is 0.691. The summed E-state index contributed by atoms with van der Waals surface area (Å²) in [6, 6.07) is 2.19. The molecule has 5 nitrogen and oxygen atoms in total. The average molecular weight is 227 g/mol. The number of hydrogen-bond acceptors (Lipinski definition) is 4. The highest BCUT2D eigenvalue weighted by molar-refractivity contribution is 5.00. The number of methoxy groups -OCH3 is 2. The standard InChI is InChI=1S/C11H21N3O2/c1-9(11(15-3)16-4)12-7-5-10-6-8-13-14(10)2/h6,8-9,11-12H,5,7H2,1-4H3. The predicted molar refractivity (Wildman–Crippen MR) is 62.2 cm³/mol. The van der Waals surface area contributed by atoms with E-state index in [-0.39, 0.29) is 12.3 Å². The first-order valence-corrected chi connectivity index (χ1v) is 5.45. The van der Waals surface area contributed by atoms with Gasteiger partial charge in [0.05, 0.1) is 6.04 Å². The monoisotopic (exact) mass is 227 g/mol. The molecule has 1 aromatic heterocycles. The molecule has 0 saturated carbocycles. The fraction of sp³-hybridized carbons (Fsp3) is 0.727. The Morgan fingerprint density at radius 3 is 2.62 bits per heavy atom. The minimum absolute atomic E-state index is 0.170. The molecule has 1 unspecified atom stereocenters. The van der Waals surface area contributed by atoms with Crippen molar-refractivity contribution in [1.82, 2.24) is 15.1 Å². The molecule has 0 aliphatic heterocycles. The van der Waals surface area contributed by atoms with Crippen molar-refractivity contribution in [2.45, 2.75) is 25.7 Å². The van der Waals surface area contributed by atoms with Crippen LogP contribution in [0.15, 0.2) is 12.3 Å². The Hall–Kier alpha value is -0.910. The summed E-state index contributed by atoms with van der Waals surface area (Å²) >= 11 is 0. The molecule has 1 N–H and O–H groups in total. The molecule has 0 spiro atoms. The zero-order valence-corrected chi connectivity index (χ0v) is 10.4. The third-order valence-corrected chi connectivity index (χ3v) is 2.64. The van der Waals surface area contributed by atoms with Gasteiger partial charge in [0.15, 0.2) is 6.29 Å². The molecule has 0 aliphatic rings. The van der Waals surface area contributed by atoms with Gasteiger partial charge in [-0.3, -0.25) is 4.68 Å². The van der Waals surface area contributed by atoms with Crippen molar-refractivity contribution in [3.63, 3.8) is 0 Å². The van der Waals surface area contributed by atoms with E-state index in [1.165, 1.54) is 5.69 Å². The van der Waals surface area contributed by atoms with Crippen LogP contribution in [0.1, 0.15) is 12.6 Å². The highest BCUT2D eigenvalue weighted by atomic mass is 16.7. The second-order valence-corrected chi connectivity index (χ2v) is 3.78. The Kier molecular flexibility index (Phi) is 5.45. The van der Waals surface area contributed by atoms with Crippen LogP contribution in [0.2, 0.25) is 0 Å². The van der Waals surface area contributed by atoms with Crippen LogP contribution < -0.4 is 5.32 Å². The van der Waals surface area contributed by atoms with E-state index in [1.807, 2.05) is 30.9 Å². The first kappa shape index (κ1) is 13.2. The maximum absolute atomic E-state index is 5.17. The summed E-state index contributed by atoms with van der Waals surface area (Å²) in [5, 5.41) is 7.48. The summed E-state index contributed by atoms with van der Waals surface area (Å²) in [5.41, 5.74) is 1.21. The molecule has 16 heavy (non-hydrogen) atoms. The number of nitrogens with one attached hydrogen (secondary N) is 1. The van der Waals surface area contributed by atoms with Crippen molar-refractivity contribution in [2.24, 2.45) is 7.05 Å². The number of nitrogens with zero attached hydrogens (tertiary/aromatic N) is 2. The molecule has 5 heteroatoms. The minimum atomic E-state index is -0.202. The van der Waals surface area contributed by atoms with Crippen LogP contribution in [-0.2, 0) is 22.9 Å². The van der Waals surface area contributed by atoms with Crippen molar-refractivity contribution in [3.8, 4) is 0 Å². The Morgan fingerprint density at radius 1 is 1.44 bits per heavy atom.